The number of hydrogen-bond donors (Lipinski definition) is 2. The molecule has 8 heteroatoms. The summed E-state index contributed by atoms with van der Waals surface area (Å²) in [5.41, 5.74) is 2.16. The molecule has 0 atom stereocenters. The summed E-state index contributed by atoms with van der Waals surface area (Å²) in [6.07, 6.45) is 3.20. The quantitative estimate of drug-likeness (QED) is 0.452. The van der Waals surface area contributed by atoms with E-state index in [-0.39, 0.29) is 5.69 Å². The first-order valence-electron chi connectivity index (χ1n) is 8.87. The number of carbonyl (C=O) groups is 1. The number of carbonyl (C=O) groups excluding carboxylic acids is 1. The Morgan fingerprint density at radius 1 is 0.967 bits per heavy atom. The molecule has 2 heterocycles. The predicted octanol–water partition coefficient (Wildman–Crippen LogP) is 5.59. The number of aromatic nitrogens is 2. The maximum Gasteiger partial charge on any atom is 0.323 e. The van der Waals surface area contributed by atoms with E-state index in [2.05, 4.69) is 20.6 Å². The maximum absolute atomic E-state index is 12.4. The summed E-state index contributed by atoms with van der Waals surface area (Å²) >= 11 is 6.28. The Morgan fingerprint density at radius 2 is 1.83 bits per heavy atom. The molecule has 4 rings (SSSR count). The average molecular weight is 416 g/mol. The van der Waals surface area contributed by atoms with Crippen molar-refractivity contribution in [1.29, 1.82) is 5.26 Å². The Hall–Kier alpha value is -4.15. The third kappa shape index (κ3) is 4.46. The van der Waals surface area contributed by atoms with Crippen LogP contribution >= 0.6 is 11.6 Å². The van der Waals surface area contributed by atoms with Crippen molar-refractivity contribution in [3.8, 4) is 17.6 Å². The van der Waals surface area contributed by atoms with Gasteiger partial charge in [-0.05, 0) is 42.5 Å². The average Bonchev–Trinajstić information content (AvgIpc) is 2.76. The van der Waals surface area contributed by atoms with E-state index in [0.717, 1.165) is 10.9 Å². The third-order valence-corrected chi connectivity index (χ3v) is 4.44. The number of hydrogen-bond acceptors (Lipinski definition) is 5. The van der Waals surface area contributed by atoms with Crippen LogP contribution in [0.1, 0.15) is 5.69 Å². The zero-order chi connectivity index (χ0) is 20.9. The van der Waals surface area contributed by atoms with Crippen LogP contribution in [0.3, 0.4) is 0 Å². The number of amides is 2. The van der Waals surface area contributed by atoms with Gasteiger partial charge in [0.25, 0.3) is 0 Å². The second kappa shape index (κ2) is 8.47. The summed E-state index contributed by atoms with van der Waals surface area (Å²) in [7, 11) is 0. The van der Waals surface area contributed by atoms with Crippen molar-refractivity contribution in [2.24, 2.45) is 0 Å². The number of nitrogens with zero attached hydrogens (tertiary/aromatic N) is 3. The summed E-state index contributed by atoms with van der Waals surface area (Å²) in [6.45, 7) is 0. The molecule has 7 nitrogen and oxygen atoms in total. The van der Waals surface area contributed by atoms with Gasteiger partial charge in [-0.2, -0.15) is 5.26 Å². The summed E-state index contributed by atoms with van der Waals surface area (Å²) in [5, 5.41) is 15.6. The molecule has 30 heavy (non-hydrogen) atoms. The Balaban J connectivity index is 1.43. The fraction of sp³-hybridized carbons (Fsp3) is 0. The molecule has 2 aromatic carbocycles. The van der Waals surface area contributed by atoms with Crippen LogP contribution in [-0.2, 0) is 0 Å². The molecule has 0 saturated heterocycles. The van der Waals surface area contributed by atoms with Gasteiger partial charge >= 0.3 is 6.03 Å². The number of rotatable bonds is 4. The van der Waals surface area contributed by atoms with Gasteiger partial charge in [0, 0.05) is 35.6 Å². The van der Waals surface area contributed by atoms with E-state index in [1.54, 1.807) is 36.5 Å². The smallest absolute Gasteiger partial charge is 0.323 e. The molecule has 146 valence electrons. The van der Waals surface area contributed by atoms with E-state index >= 15 is 0 Å². The summed E-state index contributed by atoms with van der Waals surface area (Å²) in [4.78, 5) is 20.5. The molecule has 0 aliphatic heterocycles. The summed E-state index contributed by atoms with van der Waals surface area (Å²) in [6, 6.07) is 18.7. The van der Waals surface area contributed by atoms with E-state index in [0.29, 0.717) is 27.9 Å². The zero-order valence-corrected chi connectivity index (χ0v) is 16.2. The van der Waals surface area contributed by atoms with Gasteiger partial charge in [0.05, 0.1) is 16.2 Å². The van der Waals surface area contributed by atoms with Gasteiger partial charge in [-0.1, -0.05) is 17.7 Å². The lowest BCUT2D eigenvalue weighted by Crippen LogP contribution is -2.19. The Bertz CT molecular complexity index is 1290. The highest BCUT2D eigenvalue weighted by Gasteiger charge is 2.09. The van der Waals surface area contributed by atoms with Gasteiger partial charge in [-0.15, -0.1) is 0 Å². The topological polar surface area (TPSA) is 99.9 Å². The number of benzene rings is 2. The first-order valence-corrected chi connectivity index (χ1v) is 9.25. The maximum atomic E-state index is 12.4. The highest BCUT2D eigenvalue weighted by atomic mass is 35.5. The van der Waals surface area contributed by atoms with Crippen molar-refractivity contribution < 1.29 is 9.53 Å². The highest BCUT2D eigenvalue weighted by Crippen LogP contribution is 2.30. The standard InChI is InChI=1S/C22H14ClN5O2/c23-19-12-17(30-18-7-9-25-16(11-18)13-24)4-6-21(19)28-22(29)27-15-3-5-20-14(10-15)2-1-8-26-20/h1-12H,(H2,27,28,29). The molecule has 0 aliphatic carbocycles. The largest absolute Gasteiger partial charge is 0.457 e. The van der Waals surface area contributed by atoms with Gasteiger partial charge in [0.1, 0.15) is 23.3 Å². The number of nitriles is 1. The number of anilines is 2. The van der Waals surface area contributed by atoms with Crippen LogP contribution in [0, 0.1) is 11.3 Å². The lowest BCUT2D eigenvalue weighted by atomic mass is 10.2. The second-order valence-electron chi connectivity index (χ2n) is 6.22. The summed E-state index contributed by atoms with van der Waals surface area (Å²) in [5.74, 6) is 0.921. The molecular weight excluding hydrogens is 402 g/mol. The number of nitrogens with one attached hydrogen (secondary N) is 2. The fourth-order valence-corrected chi connectivity index (χ4v) is 2.99. The Labute approximate surface area is 176 Å². The molecule has 0 spiro atoms. The zero-order valence-electron chi connectivity index (χ0n) is 15.5. The number of ether oxygens (including phenoxy) is 1. The van der Waals surface area contributed by atoms with Gasteiger partial charge in [0.15, 0.2) is 0 Å². The molecule has 0 saturated carbocycles. The van der Waals surface area contributed by atoms with Crippen LogP contribution in [0.2, 0.25) is 5.02 Å². The third-order valence-electron chi connectivity index (χ3n) is 4.13. The van der Waals surface area contributed by atoms with Crippen molar-refractivity contribution in [2.45, 2.75) is 0 Å². The Morgan fingerprint density at radius 3 is 2.67 bits per heavy atom. The lowest BCUT2D eigenvalue weighted by Gasteiger charge is -2.11. The molecule has 0 radical (unpaired) electrons. The number of fused-ring (bicyclic) bond motifs is 1. The van der Waals surface area contributed by atoms with Crippen LogP contribution in [0.4, 0.5) is 16.2 Å². The Kier molecular flexibility index (Phi) is 5.42. The van der Waals surface area contributed by atoms with Crippen molar-refractivity contribution >= 4 is 39.9 Å². The van der Waals surface area contributed by atoms with Crippen LogP contribution in [-0.4, -0.2) is 16.0 Å². The van der Waals surface area contributed by atoms with Crippen LogP contribution in [0.15, 0.2) is 73.1 Å². The molecule has 2 N–H and O–H groups in total. The fourth-order valence-electron chi connectivity index (χ4n) is 2.77. The van der Waals surface area contributed by atoms with E-state index in [9.17, 15) is 4.79 Å². The second-order valence-corrected chi connectivity index (χ2v) is 6.63. The van der Waals surface area contributed by atoms with Crippen molar-refractivity contribution in [3.63, 3.8) is 0 Å². The minimum absolute atomic E-state index is 0.248. The van der Waals surface area contributed by atoms with E-state index < -0.39 is 6.03 Å². The lowest BCUT2D eigenvalue weighted by molar-refractivity contribution is 0.262. The molecule has 2 aromatic heterocycles. The minimum Gasteiger partial charge on any atom is -0.457 e. The monoisotopic (exact) mass is 415 g/mol. The van der Waals surface area contributed by atoms with Gasteiger partial charge in [-0.25, -0.2) is 9.78 Å². The molecule has 0 unspecified atom stereocenters. The van der Waals surface area contributed by atoms with Gasteiger partial charge in [-0.3, -0.25) is 4.98 Å². The first-order chi connectivity index (χ1) is 14.6. The summed E-state index contributed by atoms with van der Waals surface area (Å²) < 4.78 is 5.69. The van der Waals surface area contributed by atoms with E-state index in [1.807, 2.05) is 30.3 Å². The molecular formula is C22H14ClN5O2. The first kappa shape index (κ1) is 19.2. The van der Waals surface area contributed by atoms with Crippen molar-refractivity contribution in [3.05, 3.63) is 83.8 Å². The minimum atomic E-state index is -0.429. The SMILES string of the molecule is N#Cc1cc(Oc2ccc(NC(=O)Nc3ccc4ncccc4c3)c(Cl)c2)ccn1. The van der Waals surface area contributed by atoms with Gasteiger partial charge in [0.2, 0.25) is 0 Å². The van der Waals surface area contributed by atoms with Crippen LogP contribution < -0.4 is 15.4 Å². The number of halogens is 1. The van der Waals surface area contributed by atoms with Crippen LogP contribution in [0.5, 0.6) is 11.5 Å². The number of pyridine rings is 2. The predicted molar refractivity (Wildman–Crippen MR) is 115 cm³/mol. The van der Waals surface area contributed by atoms with Crippen molar-refractivity contribution in [2.75, 3.05) is 10.6 Å². The highest BCUT2D eigenvalue weighted by molar-refractivity contribution is 6.34. The molecule has 0 bridgehead atoms. The molecule has 4 aromatic rings. The molecule has 2 amide bonds. The molecule has 0 fully saturated rings. The van der Waals surface area contributed by atoms with Gasteiger partial charge < -0.3 is 15.4 Å². The van der Waals surface area contributed by atoms with Crippen LogP contribution in [0.25, 0.3) is 10.9 Å². The normalized spacial score (nSPS) is 10.3. The number of urea groups is 1. The van der Waals surface area contributed by atoms with E-state index in [1.165, 1.54) is 12.3 Å². The van der Waals surface area contributed by atoms with Crippen molar-refractivity contribution in [1.82, 2.24) is 9.97 Å². The molecule has 0 aliphatic rings. The van der Waals surface area contributed by atoms with E-state index in [4.69, 9.17) is 21.6 Å².